The quantitative estimate of drug-likeness (QED) is 0.221. The molecule has 1 heterocycles. The maximum atomic E-state index is 12.3. The number of hydrogen-bond acceptors (Lipinski definition) is 6. The Balaban J connectivity index is 1.41. The number of carbonyl (C=O) groups is 2. The SMILES string of the molecule is O=C1NC(=NC(=O)c2ccc(Cl)cc2)S/C1=C\c1ccc(OCc2ccc([N+](=O)[O-])cc2)c(Br)c1. The van der Waals surface area contributed by atoms with Gasteiger partial charge in [-0.1, -0.05) is 17.7 Å². The smallest absolute Gasteiger partial charge is 0.279 e. The fourth-order valence-corrected chi connectivity index (χ4v) is 4.44. The number of non-ortho nitro benzene ring substituents is 1. The molecule has 0 radical (unpaired) electrons. The van der Waals surface area contributed by atoms with Crippen molar-refractivity contribution in [3.05, 3.63) is 108 Å². The largest absolute Gasteiger partial charge is 0.488 e. The van der Waals surface area contributed by atoms with Gasteiger partial charge in [-0.3, -0.25) is 19.7 Å². The summed E-state index contributed by atoms with van der Waals surface area (Å²) in [5, 5.41) is 14.1. The Morgan fingerprint density at radius 1 is 1.14 bits per heavy atom. The van der Waals surface area contributed by atoms with Crippen LogP contribution in [0.4, 0.5) is 5.69 Å². The number of ether oxygens (including phenoxy) is 1. The zero-order chi connectivity index (χ0) is 24.9. The Morgan fingerprint density at radius 3 is 2.51 bits per heavy atom. The number of nitro groups is 1. The first kappa shape index (κ1) is 24.6. The van der Waals surface area contributed by atoms with E-state index in [4.69, 9.17) is 16.3 Å². The molecule has 3 aromatic carbocycles. The summed E-state index contributed by atoms with van der Waals surface area (Å²) in [7, 11) is 0. The van der Waals surface area contributed by atoms with E-state index < -0.39 is 10.8 Å². The molecular formula is C24H15BrClN3O5S. The van der Waals surface area contributed by atoms with E-state index in [1.54, 1.807) is 60.7 Å². The number of rotatable bonds is 6. The first-order valence-electron chi connectivity index (χ1n) is 10.0. The molecule has 2 amide bonds. The highest BCUT2D eigenvalue weighted by Gasteiger charge is 2.25. The summed E-state index contributed by atoms with van der Waals surface area (Å²) in [5.41, 5.74) is 1.90. The fraction of sp³-hybridized carbons (Fsp3) is 0.0417. The van der Waals surface area contributed by atoms with Crippen molar-refractivity contribution in [2.75, 3.05) is 0 Å². The summed E-state index contributed by atoms with van der Waals surface area (Å²) in [6, 6.07) is 17.8. The number of nitrogens with one attached hydrogen (secondary N) is 1. The molecule has 1 N–H and O–H groups in total. The molecule has 1 aliphatic heterocycles. The molecule has 0 atom stereocenters. The van der Waals surface area contributed by atoms with E-state index in [0.717, 1.165) is 22.9 Å². The number of hydrogen-bond donors (Lipinski definition) is 1. The lowest BCUT2D eigenvalue weighted by Crippen LogP contribution is -2.20. The van der Waals surface area contributed by atoms with E-state index in [1.807, 2.05) is 0 Å². The number of thioether (sulfide) groups is 1. The van der Waals surface area contributed by atoms with Crippen molar-refractivity contribution in [3.63, 3.8) is 0 Å². The normalized spacial score (nSPS) is 15.3. The molecule has 3 aromatic rings. The monoisotopic (exact) mass is 571 g/mol. The highest BCUT2D eigenvalue weighted by atomic mass is 79.9. The molecule has 0 aliphatic carbocycles. The number of nitro benzene ring substituents is 1. The molecule has 0 aromatic heterocycles. The van der Waals surface area contributed by atoms with Gasteiger partial charge in [-0.2, -0.15) is 4.99 Å². The highest BCUT2D eigenvalue weighted by molar-refractivity contribution is 9.10. The lowest BCUT2D eigenvalue weighted by Gasteiger charge is -2.09. The molecule has 0 bridgehead atoms. The first-order valence-corrected chi connectivity index (χ1v) is 12.0. The van der Waals surface area contributed by atoms with Crippen LogP contribution in [-0.4, -0.2) is 21.9 Å². The number of amidine groups is 1. The van der Waals surface area contributed by atoms with Crippen molar-refractivity contribution in [1.82, 2.24) is 5.32 Å². The van der Waals surface area contributed by atoms with E-state index >= 15 is 0 Å². The van der Waals surface area contributed by atoms with Crippen LogP contribution in [0.1, 0.15) is 21.5 Å². The Kier molecular flexibility index (Phi) is 7.64. The van der Waals surface area contributed by atoms with Crippen molar-refractivity contribution in [2.45, 2.75) is 6.61 Å². The van der Waals surface area contributed by atoms with Crippen molar-refractivity contribution in [1.29, 1.82) is 0 Å². The number of benzene rings is 3. The minimum atomic E-state index is -0.483. The molecule has 1 fully saturated rings. The van der Waals surface area contributed by atoms with Gasteiger partial charge >= 0.3 is 0 Å². The summed E-state index contributed by atoms with van der Waals surface area (Å²) in [4.78, 5) is 39.3. The summed E-state index contributed by atoms with van der Waals surface area (Å²) in [6.07, 6.45) is 1.68. The minimum absolute atomic E-state index is 0.0173. The van der Waals surface area contributed by atoms with E-state index in [0.29, 0.717) is 25.7 Å². The second kappa shape index (κ2) is 10.9. The standard InChI is InChI=1S/C24H15BrClN3O5S/c25-19-11-15(3-10-20(19)34-13-14-1-8-18(9-2-14)29(32)33)12-21-23(31)28-24(35-21)27-22(30)16-4-6-17(26)7-5-16/h1-12H,13H2,(H,27,28,30,31)/b21-12-. The van der Waals surface area contributed by atoms with E-state index in [1.165, 1.54) is 12.1 Å². The number of nitrogens with zero attached hydrogens (tertiary/aromatic N) is 2. The van der Waals surface area contributed by atoms with Crippen LogP contribution in [0, 0.1) is 10.1 Å². The maximum absolute atomic E-state index is 12.3. The summed E-state index contributed by atoms with van der Waals surface area (Å²) < 4.78 is 6.46. The third-order valence-corrected chi connectivity index (χ3v) is 6.52. The lowest BCUT2D eigenvalue weighted by atomic mass is 10.2. The van der Waals surface area contributed by atoms with Crippen LogP contribution >= 0.6 is 39.3 Å². The van der Waals surface area contributed by atoms with Crippen LogP contribution in [0.5, 0.6) is 5.75 Å². The Labute approximate surface area is 217 Å². The van der Waals surface area contributed by atoms with Gasteiger partial charge in [-0.25, -0.2) is 0 Å². The molecule has 4 rings (SSSR count). The summed E-state index contributed by atoms with van der Waals surface area (Å²) in [5.74, 6) is -0.264. The average Bonchev–Trinajstić information content (AvgIpc) is 3.17. The predicted octanol–water partition coefficient (Wildman–Crippen LogP) is 5.99. The molecule has 0 spiro atoms. The van der Waals surface area contributed by atoms with E-state index in [9.17, 15) is 19.7 Å². The van der Waals surface area contributed by atoms with Gasteiger partial charge in [0, 0.05) is 22.7 Å². The molecule has 1 aliphatic rings. The number of carbonyl (C=O) groups excluding carboxylic acids is 2. The Hall–Kier alpha value is -3.47. The van der Waals surface area contributed by atoms with E-state index in [-0.39, 0.29) is 23.4 Å². The molecule has 11 heteroatoms. The lowest BCUT2D eigenvalue weighted by molar-refractivity contribution is -0.384. The van der Waals surface area contributed by atoms with Crippen LogP contribution in [0.15, 0.2) is 81.1 Å². The Morgan fingerprint density at radius 2 is 1.86 bits per heavy atom. The van der Waals surface area contributed by atoms with Gasteiger partial charge < -0.3 is 10.1 Å². The maximum Gasteiger partial charge on any atom is 0.279 e. The van der Waals surface area contributed by atoms with Gasteiger partial charge in [-0.05, 0) is 93.4 Å². The van der Waals surface area contributed by atoms with Crippen LogP contribution < -0.4 is 10.1 Å². The van der Waals surface area contributed by atoms with Gasteiger partial charge in [0.1, 0.15) is 12.4 Å². The molecular weight excluding hydrogens is 558 g/mol. The Bertz CT molecular complexity index is 1370. The molecule has 0 saturated carbocycles. The predicted molar refractivity (Wildman–Crippen MR) is 138 cm³/mol. The van der Waals surface area contributed by atoms with Crippen LogP contribution in [-0.2, 0) is 11.4 Å². The third-order valence-electron chi connectivity index (χ3n) is 4.74. The highest BCUT2D eigenvalue weighted by Crippen LogP contribution is 2.31. The second-order valence-electron chi connectivity index (χ2n) is 7.20. The number of halogens is 2. The topological polar surface area (TPSA) is 111 Å². The van der Waals surface area contributed by atoms with Crippen molar-refractivity contribution in [2.24, 2.45) is 4.99 Å². The van der Waals surface area contributed by atoms with Crippen molar-refractivity contribution < 1.29 is 19.2 Å². The van der Waals surface area contributed by atoms with Crippen LogP contribution in [0.2, 0.25) is 5.02 Å². The summed E-state index contributed by atoms with van der Waals surface area (Å²) in [6.45, 7) is 0.233. The molecule has 0 unspecified atom stereocenters. The average molecular weight is 573 g/mol. The first-order chi connectivity index (χ1) is 16.8. The van der Waals surface area contributed by atoms with Gasteiger partial charge in [0.05, 0.1) is 14.3 Å². The molecule has 1 saturated heterocycles. The van der Waals surface area contributed by atoms with Crippen LogP contribution in [0.3, 0.4) is 0 Å². The zero-order valence-electron chi connectivity index (χ0n) is 17.7. The summed E-state index contributed by atoms with van der Waals surface area (Å²) >= 11 is 10.4. The zero-order valence-corrected chi connectivity index (χ0v) is 20.9. The van der Waals surface area contributed by atoms with Gasteiger partial charge in [0.2, 0.25) is 0 Å². The van der Waals surface area contributed by atoms with Gasteiger partial charge in [0.15, 0.2) is 5.17 Å². The van der Waals surface area contributed by atoms with Crippen LogP contribution in [0.25, 0.3) is 6.08 Å². The van der Waals surface area contributed by atoms with Gasteiger partial charge in [0.25, 0.3) is 17.5 Å². The van der Waals surface area contributed by atoms with Crippen molar-refractivity contribution >= 4 is 68.0 Å². The third kappa shape index (κ3) is 6.36. The van der Waals surface area contributed by atoms with E-state index in [2.05, 4.69) is 26.2 Å². The van der Waals surface area contributed by atoms with Crippen molar-refractivity contribution in [3.8, 4) is 5.75 Å². The minimum Gasteiger partial charge on any atom is -0.488 e. The molecule has 8 nitrogen and oxygen atoms in total. The number of amides is 2. The molecule has 35 heavy (non-hydrogen) atoms. The van der Waals surface area contributed by atoms with Gasteiger partial charge in [-0.15, -0.1) is 0 Å². The second-order valence-corrected chi connectivity index (χ2v) is 9.52. The molecule has 176 valence electrons. The number of aliphatic imine (C=N–C) groups is 1. The fourth-order valence-electron chi connectivity index (χ4n) is 2.98.